The Morgan fingerprint density at radius 2 is 2.21 bits per heavy atom. The first kappa shape index (κ1) is 14.0. The van der Waals surface area contributed by atoms with Gasteiger partial charge in [0.05, 0.1) is 13.2 Å². The smallest absolute Gasteiger partial charge is 0.227 e. The van der Waals surface area contributed by atoms with Gasteiger partial charge in [0.25, 0.3) is 0 Å². The minimum atomic E-state index is 0.0170. The summed E-state index contributed by atoms with van der Waals surface area (Å²) in [5.74, 6) is 1.28. The van der Waals surface area contributed by atoms with Crippen LogP contribution in [0.3, 0.4) is 0 Å². The molecule has 1 aliphatic heterocycles. The molecular weight excluding hydrogens is 246 g/mol. The van der Waals surface area contributed by atoms with Gasteiger partial charge in [-0.25, -0.2) is 0 Å². The monoisotopic (exact) mass is 267 g/mol. The maximum absolute atomic E-state index is 11.7. The quantitative estimate of drug-likeness (QED) is 0.800. The highest BCUT2D eigenvalue weighted by Crippen LogP contribution is 2.25. The molecule has 6 nitrogen and oxygen atoms in total. The molecule has 1 aromatic heterocycles. The van der Waals surface area contributed by atoms with Gasteiger partial charge < -0.3 is 14.6 Å². The lowest BCUT2D eigenvalue weighted by molar-refractivity contribution is -0.126. The van der Waals surface area contributed by atoms with Crippen LogP contribution in [0.4, 0.5) is 0 Å². The Hall–Kier alpha value is -1.43. The van der Waals surface area contributed by atoms with Crippen LogP contribution in [0.2, 0.25) is 0 Å². The van der Waals surface area contributed by atoms with Crippen LogP contribution < -0.4 is 5.32 Å². The number of hydrogen-bond acceptors (Lipinski definition) is 5. The highest BCUT2D eigenvalue weighted by Gasteiger charge is 2.33. The summed E-state index contributed by atoms with van der Waals surface area (Å²) in [4.78, 5) is 15.9. The second kappa shape index (κ2) is 6.14. The van der Waals surface area contributed by atoms with E-state index >= 15 is 0 Å². The number of nitrogens with zero attached hydrogens (tertiary/aromatic N) is 2. The molecule has 0 spiro atoms. The third-order valence-corrected chi connectivity index (χ3v) is 3.16. The van der Waals surface area contributed by atoms with Gasteiger partial charge in [0.15, 0.2) is 5.82 Å². The van der Waals surface area contributed by atoms with Gasteiger partial charge in [-0.3, -0.25) is 4.79 Å². The van der Waals surface area contributed by atoms with Crippen molar-refractivity contribution >= 4 is 5.91 Å². The van der Waals surface area contributed by atoms with Crippen molar-refractivity contribution in [3.63, 3.8) is 0 Å². The molecule has 1 aliphatic rings. The fourth-order valence-corrected chi connectivity index (χ4v) is 1.89. The number of rotatable bonds is 7. The number of hydrogen-bond donors (Lipinski definition) is 1. The number of aromatic nitrogens is 2. The Balaban J connectivity index is 1.67. The van der Waals surface area contributed by atoms with Crippen molar-refractivity contribution in [1.82, 2.24) is 15.5 Å². The molecule has 1 fully saturated rings. The number of nitrogens with one attached hydrogen (secondary N) is 1. The molecule has 0 unspecified atom stereocenters. The molecule has 0 bridgehead atoms. The molecule has 1 aromatic rings. The lowest BCUT2D eigenvalue weighted by Crippen LogP contribution is -2.48. The molecule has 2 heterocycles. The fourth-order valence-electron chi connectivity index (χ4n) is 1.89. The van der Waals surface area contributed by atoms with E-state index in [4.69, 9.17) is 9.26 Å². The molecule has 19 heavy (non-hydrogen) atoms. The van der Waals surface area contributed by atoms with Gasteiger partial charge in [-0.05, 0) is 6.42 Å². The number of amides is 1. The van der Waals surface area contributed by atoms with Crippen LogP contribution in [0.1, 0.15) is 38.4 Å². The second-order valence-corrected chi connectivity index (χ2v) is 5.43. The molecule has 6 heteroatoms. The van der Waals surface area contributed by atoms with Gasteiger partial charge in [0.1, 0.15) is 0 Å². The van der Waals surface area contributed by atoms with Crippen molar-refractivity contribution in [3.8, 4) is 0 Å². The first-order chi connectivity index (χ1) is 9.11. The molecule has 0 atom stereocenters. The van der Waals surface area contributed by atoms with Crippen molar-refractivity contribution in [2.75, 3.05) is 19.8 Å². The maximum Gasteiger partial charge on any atom is 0.227 e. The second-order valence-electron chi connectivity index (χ2n) is 5.43. The molecule has 2 rings (SSSR count). The lowest BCUT2D eigenvalue weighted by atomic mass is 9.89. The van der Waals surface area contributed by atoms with Crippen LogP contribution in [-0.4, -0.2) is 35.8 Å². The molecule has 0 aromatic carbocycles. The van der Waals surface area contributed by atoms with Crippen molar-refractivity contribution in [1.29, 1.82) is 0 Å². The summed E-state index contributed by atoms with van der Waals surface area (Å²) >= 11 is 0. The van der Waals surface area contributed by atoms with Crippen LogP contribution in [0.5, 0.6) is 0 Å². The van der Waals surface area contributed by atoms with E-state index in [9.17, 15) is 4.79 Å². The van der Waals surface area contributed by atoms with Gasteiger partial charge in [-0.1, -0.05) is 19.0 Å². The van der Waals surface area contributed by atoms with Crippen molar-refractivity contribution < 1.29 is 14.1 Å². The first-order valence-electron chi connectivity index (χ1n) is 6.77. The van der Waals surface area contributed by atoms with E-state index in [0.717, 1.165) is 31.9 Å². The zero-order valence-corrected chi connectivity index (χ0v) is 11.6. The Labute approximate surface area is 112 Å². The number of aryl methyl sites for hydroxylation is 2. The largest absolute Gasteiger partial charge is 0.380 e. The SMILES string of the molecule is CCCc1noc(CCC(=O)NCC2(C)COC2)n1. The van der Waals surface area contributed by atoms with Crippen LogP contribution in [-0.2, 0) is 22.4 Å². The minimum Gasteiger partial charge on any atom is -0.380 e. The summed E-state index contributed by atoms with van der Waals surface area (Å²) in [5.41, 5.74) is 0.106. The molecule has 0 saturated carbocycles. The predicted octanol–water partition coefficient (Wildman–Crippen LogP) is 1.11. The average molecular weight is 267 g/mol. The van der Waals surface area contributed by atoms with E-state index in [1.165, 1.54) is 0 Å². The molecular formula is C13H21N3O3. The van der Waals surface area contributed by atoms with Crippen LogP contribution in [0.15, 0.2) is 4.52 Å². The number of carbonyl (C=O) groups excluding carboxylic acids is 1. The third kappa shape index (κ3) is 4.02. The number of ether oxygens (including phenoxy) is 1. The topological polar surface area (TPSA) is 77.2 Å². The van der Waals surface area contributed by atoms with Gasteiger partial charge in [0, 0.05) is 31.2 Å². The van der Waals surface area contributed by atoms with E-state index in [1.54, 1.807) is 0 Å². The normalized spacial score (nSPS) is 16.9. The van der Waals surface area contributed by atoms with E-state index in [-0.39, 0.29) is 11.3 Å². The molecule has 1 amide bonds. The predicted molar refractivity (Wildman–Crippen MR) is 68.5 cm³/mol. The standard InChI is InChI=1S/C13H21N3O3/c1-3-4-10-15-12(19-16-10)6-5-11(17)14-7-13(2)8-18-9-13/h3-9H2,1-2H3,(H,14,17). The van der Waals surface area contributed by atoms with Gasteiger partial charge >= 0.3 is 0 Å². The number of carbonyl (C=O) groups is 1. The van der Waals surface area contributed by atoms with Gasteiger partial charge in [0.2, 0.25) is 11.8 Å². The Morgan fingerprint density at radius 3 is 2.84 bits per heavy atom. The van der Waals surface area contributed by atoms with Crippen LogP contribution in [0, 0.1) is 5.41 Å². The van der Waals surface area contributed by atoms with Crippen molar-refractivity contribution in [2.45, 2.75) is 39.5 Å². The summed E-state index contributed by atoms with van der Waals surface area (Å²) in [7, 11) is 0. The molecule has 106 valence electrons. The first-order valence-corrected chi connectivity index (χ1v) is 6.77. The molecule has 0 radical (unpaired) electrons. The fraction of sp³-hybridized carbons (Fsp3) is 0.769. The zero-order valence-electron chi connectivity index (χ0n) is 11.6. The molecule has 1 N–H and O–H groups in total. The van der Waals surface area contributed by atoms with E-state index < -0.39 is 0 Å². The Kier molecular flexibility index (Phi) is 4.52. The lowest BCUT2D eigenvalue weighted by Gasteiger charge is -2.38. The minimum absolute atomic E-state index is 0.0170. The summed E-state index contributed by atoms with van der Waals surface area (Å²) in [5, 5.41) is 6.78. The highest BCUT2D eigenvalue weighted by molar-refractivity contribution is 5.76. The zero-order chi connectivity index (χ0) is 13.7. The van der Waals surface area contributed by atoms with E-state index in [1.807, 2.05) is 0 Å². The Bertz CT molecular complexity index is 427. The summed E-state index contributed by atoms with van der Waals surface area (Å²) < 4.78 is 10.2. The van der Waals surface area contributed by atoms with Crippen LogP contribution >= 0.6 is 0 Å². The third-order valence-electron chi connectivity index (χ3n) is 3.16. The van der Waals surface area contributed by atoms with Gasteiger partial charge in [-0.15, -0.1) is 0 Å². The van der Waals surface area contributed by atoms with E-state index in [2.05, 4.69) is 29.3 Å². The van der Waals surface area contributed by atoms with Gasteiger partial charge in [-0.2, -0.15) is 4.98 Å². The summed E-state index contributed by atoms with van der Waals surface area (Å²) in [6, 6.07) is 0. The van der Waals surface area contributed by atoms with Crippen molar-refractivity contribution in [2.24, 2.45) is 5.41 Å². The van der Waals surface area contributed by atoms with Crippen LogP contribution in [0.25, 0.3) is 0 Å². The average Bonchev–Trinajstić information content (AvgIpc) is 2.80. The highest BCUT2D eigenvalue weighted by atomic mass is 16.5. The maximum atomic E-state index is 11.7. The Morgan fingerprint density at radius 1 is 1.42 bits per heavy atom. The molecule has 0 aliphatic carbocycles. The van der Waals surface area contributed by atoms with Crippen molar-refractivity contribution in [3.05, 3.63) is 11.7 Å². The summed E-state index contributed by atoms with van der Waals surface area (Å²) in [6.45, 7) is 6.27. The molecule has 1 saturated heterocycles. The summed E-state index contributed by atoms with van der Waals surface area (Å²) in [6.07, 6.45) is 2.68. The van der Waals surface area contributed by atoms with E-state index in [0.29, 0.717) is 25.3 Å².